The van der Waals surface area contributed by atoms with E-state index < -0.39 is 17.3 Å². The third kappa shape index (κ3) is 6.78. The normalized spacial score (nSPS) is 19.4. The summed E-state index contributed by atoms with van der Waals surface area (Å²) in [6.07, 6.45) is 2.23. The maximum absolute atomic E-state index is 12.1. The van der Waals surface area contributed by atoms with Crippen molar-refractivity contribution in [2.75, 3.05) is 6.54 Å². The van der Waals surface area contributed by atoms with Crippen molar-refractivity contribution in [3.8, 4) is 0 Å². The predicted molar refractivity (Wildman–Crippen MR) is 83.8 cm³/mol. The van der Waals surface area contributed by atoms with E-state index in [-0.39, 0.29) is 12.1 Å². The summed E-state index contributed by atoms with van der Waals surface area (Å²) in [4.78, 5) is 25.2. The van der Waals surface area contributed by atoms with Gasteiger partial charge in [-0.2, -0.15) is 5.10 Å². The Balaban J connectivity index is 2.52. The summed E-state index contributed by atoms with van der Waals surface area (Å²) in [6.45, 7) is 11.4. The quantitative estimate of drug-likeness (QED) is 0.628. The van der Waals surface area contributed by atoms with Gasteiger partial charge in [0.05, 0.1) is 6.04 Å². The number of carbonyl (C=O) groups excluding carboxylic acids is 2. The van der Waals surface area contributed by atoms with Crippen LogP contribution in [0.25, 0.3) is 0 Å². The average Bonchev–Trinajstić information content (AvgIpc) is 2.72. The summed E-state index contributed by atoms with van der Waals surface area (Å²) in [5.41, 5.74) is 1.20. The van der Waals surface area contributed by atoms with Gasteiger partial charge in [-0.3, -0.25) is 0 Å². The smallest absolute Gasteiger partial charge is 0.428 e. The molecule has 1 heterocycles. The van der Waals surface area contributed by atoms with Crippen molar-refractivity contribution in [3.63, 3.8) is 0 Å². The van der Waals surface area contributed by atoms with Gasteiger partial charge in [0.15, 0.2) is 0 Å². The standard InChI is InChI=1S/C15H27N3O4/c1-14(2,3)21-12(19)17-16-10-11-8-7-9-18(11)13(20)22-15(4,5)6/h10-11H,7-9H2,1-6H3,(H,17,19)/b16-10+/t11-/m0/s1. The number of hydrazone groups is 1. The molecule has 1 fully saturated rings. The van der Waals surface area contributed by atoms with E-state index in [1.165, 1.54) is 0 Å². The maximum atomic E-state index is 12.1. The van der Waals surface area contributed by atoms with Gasteiger partial charge in [-0.25, -0.2) is 15.0 Å². The van der Waals surface area contributed by atoms with Gasteiger partial charge in [0.1, 0.15) is 11.2 Å². The maximum Gasteiger partial charge on any atom is 0.428 e. The molecule has 2 amide bonds. The molecule has 1 rings (SSSR count). The molecule has 0 aromatic heterocycles. The van der Waals surface area contributed by atoms with Crippen LogP contribution in [0.3, 0.4) is 0 Å². The molecule has 1 aliphatic rings. The van der Waals surface area contributed by atoms with E-state index in [4.69, 9.17) is 9.47 Å². The summed E-state index contributed by atoms with van der Waals surface area (Å²) in [7, 11) is 0. The zero-order chi connectivity index (χ0) is 17.0. The van der Waals surface area contributed by atoms with Crippen LogP contribution in [-0.2, 0) is 9.47 Å². The number of nitrogens with zero attached hydrogens (tertiary/aromatic N) is 2. The molecule has 1 atom stereocenters. The zero-order valence-corrected chi connectivity index (χ0v) is 14.3. The number of amides is 2. The van der Waals surface area contributed by atoms with Crippen LogP contribution in [0.15, 0.2) is 5.10 Å². The van der Waals surface area contributed by atoms with Gasteiger partial charge in [-0.05, 0) is 54.4 Å². The predicted octanol–water partition coefficient (Wildman–Crippen LogP) is 2.90. The Hall–Kier alpha value is -1.79. The van der Waals surface area contributed by atoms with Crippen LogP contribution in [0, 0.1) is 0 Å². The van der Waals surface area contributed by atoms with E-state index in [1.54, 1.807) is 31.9 Å². The molecule has 0 saturated carbocycles. The Bertz CT molecular complexity index is 435. The molecular weight excluding hydrogens is 286 g/mol. The average molecular weight is 313 g/mol. The lowest BCUT2D eigenvalue weighted by molar-refractivity contribution is 0.0268. The number of ether oxygens (including phenoxy) is 2. The van der Waals surface area contributed by atoms with Gasteiger partial charge >= 0.3 is 12.2 Å². The summed E-state index contributed by atoms with van der Waals surface area (Å²) in [5, 5.41) is 3.87. The fourth-order valence-electron chi connectivity index (χ4n) is 1.97. The molecule has 7 nitrogen and oxygen atoms in total. The minimum atomic E-state index is -0.620. The molecule has 126 valence electrons. The molecule has 0 aliphatic carbocycles. The third-order valence-corrected chi connectivity index (χ3v) is 2.73. The van der Waals surface area contributed by atoms with Gasteiger partial charge < -0.3 is 14.4 Å². The molecule has 1 N–H and O–H groups in total. The largest absolute Gasteiger partial charge is 0.444 e. The van der Waals surface area contributed by atoms with Crippen LogP contribution in [-0.4, -0.2) is 47.1 Å². The van der Waals surface area contributed by atoms with Gasteiger partial charge in [0.2, 0.25) is 0 Å². The Morgan fingerprint density at radius 1 is 1.14 bits per heavy atom. The highest BCUT2D eigenvalue weighted by Crippen LogP contribution is 2.19. The van der Waals surface area contributed by atoms with E-state index in [2.05, 4.69) is 10.5 Å². The molecule has 0 radical (unpaired) electrons. The highest BCUT2D eigenvalue weighted by Gasteiger charge is 2.31. The number of likely N-dealkylation sites (tertiary alicyclic amines) is 1. The molecule has 0 bridgehead atoms. The molecule has 7 heteroatoms. The lowest BCUT2D eigenvalue weighted by atomic mass is 10.2. The van der Waals surface area contributed by atoms with Crippen molar-refractivity contribution in [1.82, 2.24) is 10.3 Å². The highest BCUT2D eigenvalue weighted by atomic mass is 16.6. The monoisotopic (exact) mass is 313 g/mol. The van der Waals surface area contributed by atoms with Crippen molar-refractivity contribution in [2.24, 2.45) is 5.10 Å². The molecule has 1 saturated heterocycles. The van der Waals surface area contributed by atoms with E-state index in [0.29, 0.717) is 6.54 Å². The minimum absolute atomic E-state index is 0.176. The fourth-order valence-corrected chi connectivity index (χ4v) is 1.97. The fraction of sp³-hybridized carbons (Fsp3) is 0.800. The molecular formula is C15H27N3O4. The van der Waals surface area contributed by atoms with Crippen LogP contribution in [0.4, 0.5) is 9.59 Å². The lowest BCUT2D eigenvalue weighted by Gasteiger charge is -2.26. The first kappa shape index (κ1) is 18.3. The van der Waals surface area contributed by atoms with Crippen LogP contribution in [0.2, 0.25) is 0 Å². The van der Waals surface area contributed by atoms with E-state index >= 15 is 0 Å². The van der Waals surface area contributed by atoms with Gasteiger partial charge in [-0.15, -0.1) is 0 Å². The summed E-state index contributed by atoms with van der Waals surface area (Å²) in [6, 6.07) is -0.176. The van der Waals surface area contributed by atoms with Crippen molar-refractivity contribution in [3.05, 3.63) is 0 Å². The zero-order valence-electron chi connectivity index (χ0n) is 14.3. The number of carbonyl (C=O) groups is 2. The first-order valence-electron chi connectivity index (χ1n) is 7.50. The van der Waals surface area contributed by atoms with Crippen molar-refractivity contribution >= 4 is 18.4 Å². The second-order valence-electron chi connectivity index (χ2n) is 7.28. The molecule has 1 aliphatic heterocycles. The van der Waals surface area contributed by atoms with E-state index in [1.807, 2.05) is 20.8 Å². The van der Waals surface area contributed by atoms with Gasteiger partial charge in [0.25, 0.3) is 0 Å². The topological polar surface area (TPSA) is 80.2 Å². The Morgan fingerprint density at radius 3 is 2.27 bits per heavy atom. The second-order valence-corrected chi connectivity index (χ2v) is 7.28. The van der Waals surface area contributed by atoms with Crippen LogP contribution >= 0.6 is 0 Å². The number of hydrogen-bond acceptors (Lipinski definition) is 5. The van der Waals surface area contributed by atoms with Gasteiger partial charge in [-0.1, -0.05) is 0 Å². The Labute approximate surface area is 132 Å². The molecule has 0 aromatic rings. The molecule has 0 unspecified atom stereocenters. The summed E-state index contributed by atoms with van der Waals surface area (Å²) in [5.74, 6) is 0. The van der Waals surface area contributed by atoms with Crippen LogP contribution < -0.4 is 5.43 Å². The van der Waals surface area contributed by atoms with Crippen molar-refractivity contribution in [2.45, 2.75) is 71.6 Å². The number of rotatable bonds is 2. The third-order valence-electron chi connectivity index (χ3n) is 2.73. The second kappa shape index (κ2) is 6.98. The van der Waals surface area contributed by atoms with Gasteiger partial charge in [0, 0.05) is 12.8 Å². The minimum Gasteiger partial charge on any atom is -0.444 e. The molecule has 22 heavy (non-hydrogen) atoms. The Morgan fingerprint density at radius 2 is 1.73 bits per heavy atom. The first-order valence-corrected chi connectivity index (χ1v) is 7.50. The number of nitrogens with one attached hydrogen (secondary N) is 1. The molecule has 0 spiro atoms. The Kier molecular flexibility index (Phi) is 5.79. The van der Waals surface area contributed by atoms with Crippen LogP contribution in [0.1, 0.15) is 54.4 Å². The summed E-state index contributed by atoms with van der Waals surface area (Å²) < 4.78 is 10.4. The first-order chi connectivity index (χ1) is 9.98. The summed E-state index contributed by atoms with van der Waals surface area (Å²) >= 11 is 0. The number of hydrogen-bond donors (Lipinski definition) is 1. The van der Waals surface area contributed by atoms with Crippen LogP contribution in [0.5, 0.6) is 0 Å². The molecule has 0 aromatic carbocycles. The lowest BCUT2D eigenvalue weighted by Crippen LogP contribution is -2.40. The van der Waals surface area contributed by atoms with E-state index in [9.17, 15) is 9.59 Å². The SMILES string of the molecule is CC(C)(C)OC(=O)N/N=C/[C@@H]1CCCN1C(=O)OC(C)(C)C. The van der Waals surface area contributed by atoms with Crippen molar-refractivity contribution < 1.29 is 19.1 Å². The van der Waals surface area contributed by atoms with E-state index in [0.717, 1.165) is 12.8 Å². The van der Waals surface area contributed by atoms with Crippen molar-refractivity contribution in [1.29, 1.82) is 0 Å². The highest BCUT2D eigenvalue weighted by molar-refractivity contribution is 5.77.